The lowest BCUT2D eigenvalue weighted by molar-refractivity contribution is 0.154. The van der Waals surface area contributed by atoms with Gasteiger partial charge in [0.2, 0.25) is 0 Å². The van der Waals surface area contributed by atoms with Crippen molar-refractivity contribution in [3.05, 3.63) is 60.1 Å². The maximum absolute atomic E-state index is 5.69. The van der Waals surface area contributed by atoms with E-state index in [1.165, 1.54) is 24.8 Å². The van der Waals surface area contributed by atoms with Gasteiger partial charge in [-0.2, -0.15) is 0 Å². The summed E-state index contributed by atoms with van der Waals surface area (Å²) < 4.78 is 5.69. The van der Waals surface area contributed by atoms with Crippen LogP contribution in [-0.4, -0.2) is 6.54 Å². The highest BCUT2D eigenvalue weighted by atomic mass is 16.3. The fourth-order valence-corrected chi connectivity index (χ4v) is 3.30. The second-order valence-electron chi connectivity index (χ2n) is 5.38. The molecule has 2 nitrogen and oxygen atoms in total. The molecule has 1 atom stereocenters. The van der Waals surface area contributed by atoms with E-state index in [4.69, 9.17) is 4.42 Å². The molecule has 2 aromatic rings. The monoisotopic (exact) mass is 255 g/mol. The van der Waals surface area contributed by atoms with Crippen LogP contribution in [0.5, 0.6) is 0 Å². The van der Waals surface area contributed by atoms with Crippen molar-refractivity contribution < 1.29 is 4.42 Å². The molecule has 1 fully saturated rings. The van der Waals surface area contributed by atoms with Gasteiger partial charge in [-0.1, -0.05) is 43.7 Å². The Morgan fingerprint density at radius 1 is 1.16 bits per heavy atom. The van der Waals surface area contributed by atoms with Crippen molar-refractivity contribution in [1.82, 2.24) is 5.32 Å². The molecule has 1 unspecified atom stereocenters. The van der Waals surface area contributed by atoms with Gasteiger partial charge in [-0.05, 0) is 37.1 Å². The van der Waals surface area contributed by atoms with Crippen LogP contribution in [-0.2, 0) is 5.41 Å². The molecule has 100 valence electrons. The summed E-state index contributed by atoms with van der Waals surface area (Å²) in [5.41, 5.74) is 1.64. The summed E-state index contributed by atoms with van der Waals surface area (Å²) >= 11 is 0. The predicted molar refractivity (Wildman–Crippen MR) is 77.1 cm³/mol. The van der Waals surface area contributed by atoms with Gasteiger partial charge in [-0.15, -0.1) is 0 Å². The van der Waals surface area contributed by atoms with E-state index in [1.54, 1.807) is 6.26 Å². The van der Waals surface area contributed by atoms with Crippen LogP contribution < -0.4 is 5.32 Å². The van der Waals surface area contributed by atoms with E-state index in [1.807, 2.05) is 6.07 Å². The number of benzene rings is 1. The summed E-state index contributed by atoms with van der Waals surface area (Å²) in [5, 5.41) is 3.63. The third-order valence-corrected chi connectivity index (χ3v) is 4.38. The molecule has 1 N–H and O–H groups in total. The van der Waals surface area contributed by atoms with E-state index in [0.717, 1.165) is 12.3 Å². The van der Waals surface area contributed by atoms with Crippen LogP contribution in [0.2, 0.25) is 0 Å². The summed E-state index contributed by atoms with van der Waals surface area (Å²) in [6, 6.07) is 15.2. The number of hydrogen-bond acceptors (Lipinski definition) is 2. The van der Waals surface area contributed by atoms with Gasteiger partial charge in [-0.3, -0.25) is 0 Å². The molecule has 1 saturated carbocycles. The average molecular weight is 255 g/mol. The van der Waals surface area contributed by atoms with E-state index >= 15 is 0 Å². The van der Waals surface area contributed by atoms with E-state index in [9.17, 15) is 0 Å². The molecule has 2 heteroatoms. The average Bonchev–Trinajstić information content (AvgIpc) is 2.91. The van der Waals surface area contributed by atoms with Crippen molar-refractivity contribution in [1.29, 1.82) is 0 Å². The third kappa shape index (κ3) is 2.10. The largest absolute Gasteiger partial charge is 0.468 e. The standard InChI is InChI=1S/C17H21NO/c1-2-18-16(15-10-6-13-19-15)17(11-7-12-17)14-8-4-3-5-9-14/h3-6,8-10,13,16,18H,2,7,11-12H2,1H3. The summed E-state index contributed by atoms with van der Waals surface area (Å²) in [6.07, 6.45) is 5.54. The van der Waals surface area contributed by atoms with Crippen molar-refractivity contribution in [3.63, 3.8) is 0 Å². The summed E-state index contributed by atoms with van der Waals surface area (Å²) in [4.78, 5) is 0. The molecule has 1 aromatic heterocycles. The SMILES string of the molecule is CCNC(c1ccco1)C1(c2ccccc2)CCC1. The van der Waals surface area contributed by atoms with Gasteiger partial charge in [0, 0.05) is 5.41 Å². The molecule has 0 aliphatic heterocycles. The fourth-order valence-electron chi connectivity index (χ4n) is 3.30. The Balaban J connectivity index is 1.99. The van der Waals surface area contributed by atoms with Crippen molar-refractivity contribution in [3.8, 4) is 0 Å². The molecule has 1 aliphatic carbocycles. The zero-order valence-electron chi connectivity index (χ0n) is 11.4. The highest BCUT2D eigenvalue weighted by Crippen LogP contribution is 2.52. The quantitative estimate of drug-likeness (QED) is 0.872. The van der Waals surface area contributed by atoms with Crippen LogP contribution in [0.15, 0.2) is 53.1 Å². The minimum atomic E-state index is 0.203. The first kappa shape index (κ1) is 12.5. The summed E-state index contributed by atoms with van der Waals surface area (Å²) in [6.45, 7) is 3.12. The molecule has 1 heterocycles. The normalized spacial score (nSPS) is 18.8. The van der Waals surface area contributed by atoms with Crippen LogP contribution >= 0.6 is 0 Å². The minimum Gasteiger partial charge on any atom is -0.468 e. The van der Waals surface area contributed by atoms with Crippen LogP contribution in [0, 0.1) is 0 Å². The molecule has 3 rings (SSSR count). The second-order valence-corrected chi connectivity index (χ2v) is 5.38. The van der Waals surface area contributed by atoms with Gasteiger partial charge in [0.25, 0.3) is 0 Å². The van der Waals surface area contributed by atoms with Crippen LogP contribution in [0.4, 0.5) is 0 Å². The highest BCUT2D eigenvalue weighted by Gasteiger charge is 2.46. The van der Waals surface area contributed by atoms with E-state index in [-0.39, 0.29) is 11.5 Å². The molecule has 0 radical (unpaired) electrons. The van der Waals surface area contributed by atoms with Gasteiger partial charge in [0.15, 0.2) is 0 Å². The van der Waals surface area contributed by atoms with Crippen molar-refractivity contribution in [2.45, 2.75) is 37.6 Å². The first-order valence-corrected chi connectivity index (χ1v) is 7.19. The molecular weight excluding hydrogens is 234 g/mol. The zero-order chi connectivity index (χ0) is 13.1. The Morgan fingerprint density at radius 3 is 2.47 bits per heavy atom. The van der Waals surface area contributed by atoms with Crippen molar-refractivity contribution in [2.24, 2.45) is 0 Å². The smallest absolute Gasteiger partial charge is 0.121 e. The van der Waals surface area contributed by atoms with E-state index < -0.39 is 0 Å². The third-order valence-electron chi connectivity index (χ3n) is 4.38. The second kappa shape index (κ2) is 5.22. The Hall–Kier alpha value is -1.54. The molecule has 1 aliphatic rings. The van der Waals surface area contributed by atoms with Gasteiger partial charge < -0.3 is 9.73 Å². The van der Waals surface area contributed by atoms with Gasteiger partial charge in [-0.25, -0.2) is 0 Å². The lowest BCUT2D eigenvalue weighted by atomic mass is 9.59. The first-order valence-electron chi connectivity index (χ1n) is 7.19. The number of furan rings is 1. The lowest BCUT2D eigenvalue weighted by Crippen LogP contribution is -2.46. The predicted octanol–water partition coefficient (Wildman–Crippen LogP) is 4.05. The highest BCUT2D eigenvalue weighted by molar-refractivity contribution is 5.33. The molecule has 0 bridgehead atoms. The maximum atomic E-state index is 5.69. The van der Waals surface area contributed by atoms with Crippen LogP contribution in [0.3, 0.4) is 0 Å². The lowest BCUT2D eigenvalue weighted by Gasteiger charge is -2.48. The van der Waals surface area contributed by atoms with Gasteiger partial charge in [0.1, 0.15) is 5.76 Å². The van der Waals surface area contributed by atoms with Crippen LogP contribution in [0.1, 0.15) is 43.6 Å². The topological polar surface area (TPSA) is 25.2 Å². The number of hydrogen-bond donors (Lipinski definition) is 1. The number of rotatable bonds is 5. The minimum absolute atomic E-state index is 0.203. The maximum Gasteiger partial charge on any atom is 0.121 e. The van der Waals surface area contributed by atoms with Crippen molar-refractivity contribution >= 4 is 0 Å². The molecule has 0 spiro atoms. The zero-order valence-corrected chi connectivity index (χ0v) is 11.4. The Morgan fingerprint density at radius 2 is 1.95 bits per heavy atom. The Bertz CT molecular complexity index is 499. The van der Waals surface area contributed by atoms with Gasteiger partial charge in [0.05, 0.1) is 12.3 Å². The molecule has 1 aromatic carbocycles. The van der Waals surface area contributed by atoms with E-state index in [0.29, 0.717) is 0 Å². The van der Waals surface area contributed by atoms with Crippen LogP contribution in [0.25, 0.3) is 0 Å². The molecular formula is C17H21NO. The summed E-state index contributed by atoms with van der Waals surface area (Å²) in [7, 11) is 0. The Labute approximate surface area is 114 Å². The van der Waals surface area contributed by atoms with E-state index in [2.05, 4.69) is 48.6 Å². The van der Waals surface area contributed by atoms with Crippen molar-refractivity contribution in [2.75, 3.05) is 6.54 Å². The molecule has 0 amide bonds. The van der Waals surface area contributed by atoms with Gasteiger partial charge >= 0.3 is 0 Å². The fraction of sp³-hybridized carbons (Fsp3) is 0.412. The molecule has 19 heavy (non-hydrogen) atoms. The first-order chi connectivity index (χ1) is 9.37. The Kier molecular flexibility index (Phi) is 3.43. The number of likely N-dealkylation sites (N-methyl/N-ethyl adjacent to an activating group) is 1. The summed E-state index contributed by atoms with van der Waals surface area (Å²) in [5.74, 6) is 1.06. The number of nitrogens with one attached hydrogen (secondary N) is 1. The molecule has 0 saturated heterocycles.